The Morgan fingerprint density at radius 3 is 2.11 bits per heavy atom. The van der Waals surface area contributed by atoms with Gasteiger partial charge in [0.1, 0.15) is 0 Å². The summed E-state index contributed by atoms with van der Waals surface area (Å²) in [4.78, 5) is 9.67. The van der Waals surface area contributed by atoms with Crippen LogP contribution >= 0.6 is 0 Å². The standard InChI is InChI=1S/C40H41GeN3O/c1-24(2)33-22-28(27-17-19-29(20-18-27)41(6,7)8)23-34(25(3)4)37(33)44-36-15-10-9-14-35(36)43-39(44)32-13-11-12-30-31-21-16-26(5)42-40(31)45-38(30)32/h9-25H,1-8H3/i5D3. The van der Waals surface area contributed by atoms with Crippen LogP contribution in [0.15, 0.2) is 95.4 Å². The molecule has 0 atom stereocenters. The zero-order valence-electron chi connectivity index (χ0n) is 30.1. The second kappa shape index (κ2) is 11.0. The molecule has 0 radical (unpaired) electrons. The molecule has 0 fully saturated rings. The van der Waals surface area contributed by atoms with Crippen LogP contribution in [0.3, 0.4) is 0 Å². The molecule has 45 heavy (non-hydrogen) atoms. The number of imidazole rings is 1. The fourth-order valence-electron chi connectivity index (χ4n) is 6.44. The molecule has 0 aliphatic carbocycles. The summed E-state index contributed by atoms with van der Waals surface area (Å²) in [6.07, 6.45) is 0. The molecule has 226 valence electrons. The van der Waals surface area contributed by atoms with Crippen LogP contribution in [0, 0.1) is 6.85 Å². The molecule has 0 bridgehead atoms. The molecular weight excluding hydrogens is 611 g/mol. The summed E-state index contributed by atoms with van der Waals surface area (Å²) in [6, 6.07) is 31.6. The summed E-state index contributed by atoms with van der Waals surface area (Å²) >= 11 is -1.94. The first-order valence-electron chi connectivity index (χ1n) is 17.3. The van der Waals surface area contributed by atoms with Gasteiger partial charge in [0.15, 0.2) is 0 Å². The average molecular weight is 655 g/mol. The van der Waals surface area contributed by atoms with Gasteiger partial charge in [-0.2, -0.15) is 0 Å². The number of furan rings is 1. The van der Waals surface area contributed by atoms with Gasteiger partial charge in [-0.05, 0) is 19.0 Å². The van der Waals surface area contributed by atoms with Crippen LogP contribution in [0.25, 0.3) is 61.3 Å². The van der Waals surface area contributed by atoms with Gasteiger partial charge in [0, 0.05) is 20.6 Å². The quantitative estimate of drug-likeness (QED) is 0.168. The molecule has 7 rings (SSSR count). The minimum Gasteiger partial charge on any atom is -0.0606 e. The Labute approximate surface area is 272 Å². The maximum absolute atomic E-state index is 7.88. The second-order valence-electron chi connectivity index (χ2n) is 13.7. The van der Waals surface area contributed by atoms with Crippen molar-refractivity contribution in [1.82, 2.24) is 14.5 Å². The van der Waals surface area contributed by atoms with Gasteiger partial charge < -0.3 is 4.42 Å². The van der Waals surface area contributed by atoms with Crippen molar-refractivity contribution in [3.63, 3.8) is 0 Å². The maximum atomic E-state index is 7.88. The monoisotopic (exact) mass is 656 g/mol. The Kier molecular flexibility index (Phi) is 6.39. The summed E-state index contributed by atoms with van der Waals surface area (Å²) in [5.74, 6) is 8.54. The van der Waals surface area contributed by atoms with Crippen molar-refractivity contribution in [2.45, 2.75) is 63.7 Å². The van der Waals surface area contributed by atoms with Crippen LogP contribution in [0.1, 0.15) is 60.5 Å². The van der Waals surface area contributed by atoms with Crippen molar-refractivity contribution in [2.75, 3.05) is 0 Å². The number of rotatable bonds is 6. The van der Waals surface area contributed by atoms with Gasteiger partial charge in [0.05, 0.1) is 0 Å². The van der Waals surface area contributed by atoms with Gasteiger partial charge in [-0.1, -0.05) is 18.2 Å². The summed E-state index contributed by atoms with van der Waals surface area (Å²) in [7, 11) is 0. The first-order chi connectivity index (χ1) is 22.7. The van der Waals surface area contributed by atoms with Crippen molar-refractivity contribution in [3.05, 3.63) is 108 Å². The number of pyridine rings is 1. The van der Waals surface area contributed by atoms with Gasteiger partial charge in [-0.25, -0.2) is 4.98 Å². The van der Waals surface area contributed by atoms with Crippen LogP contribution < -0.4 is 4.40 Å². The van der Waals surface area contributed by atoms with Crippen molar-refractivity contribution in [1.29, 1.82) is 0 Å². The molecule has 4 aromatic carbocycles. The normalized spacial score (nSPS) is 13.7. The third-order valence-corrected chi connectivity index (χ3v) is 13.2. The van der Waals surface area contributed by atoms with Crippen molar-refractivity contribution in [2.24, 2.45) is 0 Å². The minimum absolute atomic E-state index is 0.0157. The zero-order chi connectivity index (χ0) is 34.1. The van der Waals surface area contributed by atoms with E-state index in [4.69, 9.17) is 13.5 Å². The molecule has 0 N–H and O–H groups in total. The van der Waals surface area contributed by atoms with E-state index in [-0.39, 0.29) is 17.5 Å². The first kappa shape index (κ1) is 26.1. The Balaban J connectivity index is 1.51. The molecule has 0 saturated carbocycles. The number of fused-ring (bicyclic) bond motifs is 4. The number of benzene rings is 4. The Bertz CT molecular complexity index is 2290. The molecule has 4 nitrogen and oxygen atoms in total. The summed E-state index contributed by atoms with van der Waals surface area (Å²) in [6.45, 7) is 6.71. The number of aromatic nitrogens is 3. The SMILES string of the molecule is [2H]C([2H])([2H])c1ccc2c(n1)oc1c(-c3nc4ccccc4n3-c3c(C(C)C)cc(-c4cc[c]([Ge]([CH3])([CH3])[CH3])cc4)cc3C(C)C)cccc12. The van der Waals surface area contributed by atoms with Crippen molar-refractivity contribution < 1.29 is 8.53 Å². The third kappa shape index (κ3) is 5.09. The van der Waals surface area contributed by atoms with Gasteiger partial charge in [-0.3, -0.25) is 0 Å². The smallest absolute Gasteiger partial charge is 0.0606 e. The summed E-state index contributed by atoms with van der Waals surface area (Å²) in [5, 5.41) is 1.65. The molecule has 0 aliphatic rings. The van der Waals surface area contributed by atoms with E-state index in [1.165, 1.54) is 26.6 Å². The number of hydrogen-bond acceptors (Lipinski definition) is 3. The Morgan fingerprint density at radius 2 is 1.44 bits per heavy atom. The fraction of sp³-hybridized carbons (Fsp3) is 0.250. The molecule has 0 aliphatic heterocycles. The topological polar surface area (TPSA) is 43.9 Å². The van der Waals surface area contributed by atoms with Crippen LogP contribution in [-0.4, -0.2) is 27.8 Å². The van der Waals surface area contributed by atoms with E-state index < -0.39 is 20.1 Å². The summed E-state index contributed by atoms with van der Waals surface area (Å²) < 4.78 is 33.9. The van der Waals surface area contributed by atoms with Crippen LogP contribution in [0.5, 0.6) is 0 Å². The van der Waals surface area contributed by atoms with Gasteiger partial charge in [-0.15, -0.1) is 0 Å². The number of nitrogens with zero attached hydrogens (tertiary/aromatic N) is 3. The molecule has 0 saturated heterocycles. The van der Waals surface area contributed by atoms with E-state index >= 15 is 0 Å². The molecule has 3 heterocycles. The van der Waals surface area contributed by atoms with E-state index in [1.807, 2.05) is 24.3 Å². The average Bonchev–Trinajstić information content (AvgIpc) is 3.61. The Hall–Kier alpha value is -4.16. The second-order valence-corrected chi connectivity index (χ2v) is 24.4. The van der Waals surface area contributed by atoms with E-state index in [2.05, 4.69) is 109 Å². The predicted molar refractivity (Wildman–Crippen MR) is 193 cm³/mol. The molecule has 5 heteroatoms. The third-order valence-electron chi connectivity index (χ3n) is 8.89. The molecule has 0 unspecified atom stereocenters. The number of para-hydroxylation sites is 3. The predicted octanol–water partition coefficient (Wildman–Crippen LogP) is 10.8. The van der Waals surface area contributed by atoms with E-state index in [0.717, 1.165) is 38.9 Å². The molecular formula is C40H41GeN3O. The van der Waals surface area contributed by atoms with E-state index in [1.54, 1.807) is 12.1 Å². The Morgan fingerprint density at radius 1 is 0.733 bits per heavy atom. The van der Waals surface area contributed by atoms with Crippen molar-refractivity contribution in [3.8, 4) is 28.2 Å². The van der Waals surface area contributed by atoms with Crippen LogP contribution in [0.2, 0.25) is 17.3 Å². The molecule has 0 amide bonds. The zero-order valence-corrected chi connectivity index (χ0v) is 29.2. The number of aryl methyl sites for hydroxylation is 1. The van der Waals surface area contributed by atoms with Gasteiger partial charge in [0.2, 0.25) is 5.71 Å². The van der Waals surface area contributed by atoms with E-state index in [9.17, 15) is 0 Å². The molecule has 3 aromatic heterocycles. The van der Waals surface area contributed by atoms with Crippen LogP contribution in [0.4, 0.5) is 0 Å². The number of hydrogen-bond donors (Lipinski definition) is 0. The fourth-order valence-corrected chi connectivity index (χ4v) is 8.88. The van der Waals surface area contributed by atoms with Gasteiger partial charge >= 0.3 is 201 Å². The first-order valence-corrected chi connectivity index (χ1v) is 23.2. The van der Waals surface area contributed by atoms with E-state index in [0.29, 0.717) is 11.3 Å². The van der Waals surface area contributed by atoms with Gasteiger partial charge in [0.25, 0.3) is 0 Å². The molecule has 0 spiro atoms. The minimum atomic E-state index is -2.33. The van der Waals surface area contributed by atoms with Crippen LogP contribution in [-0.2, 0) is 0 Å². The van der Waals surface area contributed by atoms with Crippen molar-refractivity contribution >= 4 is 50.8 Å². The molecule has 7 aromatic rings. The summed E-state index contributed by atoms with van der Waals surface area (Å²) in [5.41, 5.74) is 9.79.